The Hall–Kier alpha value is -1.73. The molecule has 2 heterocycles. The summed E-state index contributed by atoms with van der Waals surface area (Å²) in [4.78, 5) is 4.25. The van der Waals surface area contributed by atoms with Crippen molar-refractivity contribution in [2.24, 2.45) is 5.73 Å². The molecule has 1 saturated heterocycles. The second kappa shape index (κ2) is 7.02. The number of ether oxygens (including phenoxy) is 2. The predicted molar refractivity (Wildman–Crippen MR) is 85.2 cm³/mol. The smallest absolute Gasteiger partial charge is 0.240 e. The van der Waals surface area contributed by atoms with Crippen LogP contribution in [0.5, 0.6) is 11.5 Å². The molecule has 2 aromatic rings. The van der Waals surface area contributed by atoms with Gasteiger partial charge in [-0.15, -0.1) is 0 Å². The van der Waals surface area contributed by atoms with Gasteiger partial charge in [0.1, 0.15) is 6.10 Å². The Kier molecular flexibility index (Phi) is 4.84. The predicted octanol–water partition coefficient (Wildman–Crippen LogP) is 2.48. The monoisotopic (exact) mass is 321 g/mol. The van der Waals surface area contributed by atoms with E-state index in [1.54, 1.807) is 7.11 Å². The molecule has 118 valence electrons. The minimum absolute atomic E-state index is 0.214. The van der Waals surface area contributed by atoms with Gasteiger partial charge in [-0.25, -0.2) is 0 Å². The summed E-state index contributed by atoms with van der Waals surface area (Å²) < 4.78 is 16.7. The molecule has 1 aromatic carbocycles. The lowest BCUT2D eigenvalue weighted by molar-refractivity contribution is 0.184. The highest BCUT2D eigenvalue weighted by atomic mass is 32.2. The zero-order chi connectivity index (χ0) is 15.4. The number of thioether (sulfide) groups is 1. The molecule has 0 bridgehead atoms. The molecule has 1 aliphatic rings. The largest absolute Gasteiger partial charge is 0.492 e. The summed E-state index contributed by atoms with van der Waals surface area (Å²) in [6.07, 6.45) is 2.34. The van der Waals surface area contributed by atoms with Crippen molar-refractivity contribution < 1.29 is 14.0 Å². The highest BCUT2D eigenvalue weighted by Crippen LogP contribution is 2.38. The van der Waals surface area contributed by atoms with Crippen LogP contribution in [0, 0.1) is 0 Å². The van der Waals surface area contributed by atoms with Crippen molar-refractivity contribution in [2.45, 2.75) is 25.5 Å². The van der Waals surface area contributed by atoms with E-state index in [4.69, 9.17) is 19.7 Å². The summed E-state index contributed by atoms with van der Waals surface area (Å²) in [5.41, 5.74) is 6.26. The van der Waals surface area contributed by atoms with E-state index in [9.17, 15) is 0 Å². The van der Waals surface area contributed by atoms with Crippen LogP contribution in [0.4, 0.5) is 0 Å². The summed E-state index contributed by atoms with van der Waals surface area (Å²) in [7, 11) is 1.62. The Morgan fingerprint density at radius 3 is 2.86 bits per heavy atom. The van der Waals surface area contributed by atoms with E-state index in [0.29, 0.717) is 17.5 Å². The number of benzene rings is 1. The SMILES string of the molecule is COc1c(OC2CCSCC2)cccc1-c1noc(CN)n1. The number of nitrogens with zero attached hydrogens (tertiary/aromatic N) is 2. The quantitative estimate of drug-likeness (QED) is 0.905. The molecule has 2 N–H and O–H groups in total. The summed E-state index contributed by atoms with van der Waals surface area (Å²) >= 11 is 1.97. The third-order valence-electron chi connectivity index (χ3n) is 3.53. The molecule has 3 rings (SSSR count). The van der Waals surface area contributed by atoms with Crippen LogP contribution in [0.15, 0.2) is 22.7 Å². The maximum atomic E-state index is 6.12. The lowest BCUT2D eigenvalue weighted by Crippen LogP contribution is -2.22. The zero-order valence-corrected chi connectivity index (χ0v) is 13.3. The molecule has 22 heavy (non-hydrogen) atoms. The maximum absolute atomic E-state index is 6.12. The first-order valence-corrected chi connectivity index (χ1v) is 8.41. The van der Waals surface area contributed by atoms with Crippen LogP contribution in [0.25, 0.3) is 11.4 Å². The fourth-order valence-corrected chi connectivity index (χ4v) is 3.48. The van der Waals surface area contributed by atoms with Gasteiger partial charge in [-0.2, -0.15) is 16.7 Å². The van der Waals surface area contributed by atoms with Crippen molar-refractivity contribution in [2.75, 3.05) is 18.6 Å². The highest BCUT2D eigenvalue weighted by molar-refractivity contribution is 7.99. The van der Waals surface area contributed by atoms with E-state index in [2.05, 4.69) is 10.1 Å². The van der Waals surface area contributed by atoms with Crippen LogP contribution in [0.3, 0.4) is 0 Å². The molecule has 6 nitrogen and oxygen atoms in total. The van der Waals surface area contributed by atoms with E-state index < -0.39 is 0 Å². The summed E-state index contributed by atoms with van der Waals surface area (Å²) in [5, 5.41) is 3.95. The molecule has 0 amide bonds. The zero-order valence-electron chi connectivity index (χ0n) is 12.4. The van der Waals surface area contributed by atoms with E-state index in [-0.39, 0.29) is 12.6 Å². The van der Waals surface area contributed by atoms with Gasteiger partial charge in [0.2, 0.25) is 11.7 Å². The van der Waals surface area contributed by atoms with Crippen molar-refractivity contribution in [1.29, 1.82) is 0 Å². The van der Waals surface area contributed by atoms with Crippen LogP contribution >= 0.6 is 11.8 Å². The maximum Gasteiger partial charge on any atom is 0.240 e. The van der Waals surface area contributed by atoms with E-state index >= 15 is 0 Å². The fourth-order valence-electron chi connectivity index (χ4n) is 2.42. The molecule has 0 aliphatic carbocycles. The number of para-hydroxylation sites is 1. The van der Waals surface area contributed by atoms with Crippen molar-refractivity contribution in [3.05, 3.63) is 24.1 Å². The molecule has 0 unspecified atom stereocenters. The molecule has 0 atom stereocenters. The number of hydrogen-bond acceptors (Lipinski definition) is 7. The van der Waals surface area contributed by atoms with Crippen LogP contribution in [0.1, 0.15) is 18.7 Å². The van der Waals surface area contributed by atoms with Gasteiger partial charge in [0.25, 0.3) is 0 Å². The van der Waals surface area contributed by atoms with Gasteiger partial charge in [0.05, 0.1) is 19.2 Å². The third-order valence-corrected chi connectivity index (χ3v) is 4.58. The van der Waals surface area contributed by atoms with Crippen LogP contribution in [0.2, 0.25) is 0 Å². The Morgan fingerprint density at radius 1 is 1.36 bits per heavy atom. The molecule has 7 heteroatoms. The normalized spacial score (nSPS) is 15.7. The summed E-state index contributed by atoms with van der Waals surface area (Å²) in [5.74, 6) is 4.48. The van der Waals surface area contributed by atoms with Gasteiger partial charge in [-0.3, -0.25) is 0 Å². The Balaban J connectivity index is 1.89. The molecule has 1 aromatic heterocycles. The second-order valence-corrected chi connectivity index (χ2v) is 6.21. The van der Waals surface area contributed by atoms with E-state index in [0.717, 1.165) is 35.7 Å². The molecule has 0 radical (unpaired) electrons. The number of nitrogens with two attached hydrogens (primary N) is 1. The Bertz CT molecular complexity index is 626. The van der Waals surface area contributed by atoms with E-state index in [1.165, 1.54) is 0 Å². The van der Waals surface area contributed by atoms with Gasteiger partial charge in [0.15, 0.2) is 11.5 Å². The van der Waals surface area contributed by atoms with Gasteiger partial charge in [-0.1, -0.05) is 11.2 Å². The Morgan fingerprint density at radius 2 is 2.18 bits per heavy atom. The van der Waals surface area contributed by atoms with Crippen LogP contribution in [-0.4, -0.2) is 34.9 Å². The lowest BCUT2D eigenvalue weighted by atomic mass is 10.1. The molecule has 1 aliphatic heterocycles. The summed E-state index contributed by atoms with van der Waals surface area (Å²) in [6.45, 7) is 0.214. The van der Waals surface area contributed by atoms with Crippen LogP contribution in [-0.2, 0) is 6.54 Å². The molecule has 1 fully saturated rings. The second-order valence-electron chi connectivity index (χ2n) is 4.98. The van der Waals surface area contributed by atoms with Crippen molar-refractivity contribution in [1.82, 2.24) is 10.1 Å². The van der Waals surface area contributed by atoms with Crippen molar-refractivity contribution in [3.63, 3.8) is 0 Å². The first-order valence-electron chi connectivity index (χ1n) is 7.26. The van der Waals surface area contributed by atoms with Gasteiger partial charge >= 0.3 is 0 Å². The number of hydrogen-bond donors (Lipinski definition) is 1. The minimum Gasteiger partial charge on any atom is -0.492 e. The van der Waals surface area contributed by atoms with Crippen LogP contribution < -0.4 is 15.2 Å². The molecule has 0 spiro atoms. The van der Waals surface area contributed by atoms with Gasteiger partial charge in [0, 0.05) is 0 Å². The minimum atomic E-state index is 0.214. The highest BCUT2D eigenvalue weighted by Gasteiger charge is 2.21. The third kappa shape index (κ3) is 3.20. The van der Waals surface area contributed by atoms with Gasteiger partial charge < -0.3 is 19.7 Å². The standard InChI is InChI=1S/C15H19N3O3S/c1-19-14-11(15-17-13(9-16)21-18-15)3-2-4-12(14)20-10-5-7-22-8-6-10/h2-4,10H,5-9,16H2,1H3. The van der Waals surface area contributed by atoms with Crippen molar-refractivity contribution in [3.8, 4) is 22.9 Å². The van der Waals surface area contributed by atoms with Crippen molar-refractivity contribution >= 4 is 11.8 Å². The molecule has 0 saturated carbocycles. The number of methoxy groups -OCH3 is 1. The topological polar surface area (TPSA) is 83.4 Å². The number of rotatable bonds is 5. The molecular weight excluding hydrogens is 302 g/mol. The fraction of sp³-hybridized carbons (Fsp3) is 0.467. The van der Waals surface area contributed by atoms with Gasteiger partial charge in [-0.05, 0) is 36.5 Å². The Labute approximate surface area is 133 Å². The number of aromatic nitrogens is 2. The average molecular weight is 321 g/mol. The lowest BCUT2D eigenvalue weighted by Gasteiger charge is -2.24. The first-order chi connectivity index (χ1) is 10.8. The average Bonchev–Trinajstić information content (AvgIpc) is 3.04. The summed E-state index contributed by atoms with van der Waals surface area (Å²) in [6, 6.07) is 5.70. The first kappa shape index (κ1) is 15.2. The van der Waals surface area contributed by atoms with E-state index in [1.807, 2.05) is 30.0 Å². The molecular formula is C15H19N3O3S.